The van der Waals surface area contributed by atoms with E-state index in [0.29, 0.717) is 17.8 Å². The van der Waals surface area contributed by atoms with Crippen LogP contribution in [0.5, 0.6) is 0 Å². The van der Waals surface area contributed by atoms with Crippen LogP contribution in [0.2, 0.25) is 0 Å². The van der Waals surface area contributed by atoms with Crippen molar-refractivity contribution in [2.75, 3.05) is 52.2 Å². The van der Waals surface area contributed by atoms with Crippen molar-refractivity contribution in [2.24, 2.45) is 0 Å². The Labute approximate surface area is 161 Å². The van der Waals surface area contributed by atoms with Crippen LogP contribution in [0.4, 0.5) is 10.5 Å². The number of benzene rings is 1. The van der Waals surface area contributed by atoms with Crippen molar-refractivity contribution in [2.45, 2.75) is 31.2 Å². The number of nitrogens with zero attached hydrogens (tertiary/aromatic N) is 2. The highest BCUT2D eigenvalue weighted by Gasteiger charge is 2.40. The molecule has 2 aliphatic rings. The molecule has 3 rings (SSSR count). The normalized spacial score (nSPS) is 20.2. The molecule has 1 aromatic carbocycles. The van der Waals surface area contributed by atoms with E-state index in [-0.39, 0.29) is 11.6 Å². The first-order valence-electron chi connectivity index (χ1n) is 9.69. The number of ether oxygens (including phenoxy) is 1. The Hall–Kier alpha value is -2.12. The van der Waals surface area contributed by atoms with E-state index in [9.17, 15) is 9.59 Å². The lowest BCUT2D eigenvalue weighted by Crippen LogP contribution is -2.59. The Kier molecular flexibility index (Phi) is 6.34. The molecule has 0 bridgehead atoms. The van der Waals surface area contributed by atoms with Crippen molar-refractivity contribution >= 4 is 17.7 Å². The summed E-state index contributed by atoms with van der Waals surface area (Å²) < 4.78 is 4.72. The quantitative estimate of drug-likeness (QED) is 0.773. The molecule has 27 heavy (non-hydrogen) atoms. The molecule has 0 unspecified atom stereocenters. The van der Waals surface area contributed by atoms with Crippen molar-refractivity contribution in [3.63, 3.8) is 0 Å². The van der Waals surface area contributed by atoms with Gasteiger partial charge in [-0.2, -0.15) is 0 Å². The third-order valence-corrected chi connectivity index (χ3v) is 5.83. The standard InChI is InChI=1S/C20H30N4O3/c1-23-10-12-24(13-11-23)20(8-3-4-9-20)15-21-19(26)22-17-7-5-6-16(14-17)18(25)27-2/h5-7,14H,3-4,8-13,15H2,1-2H3,(H2,21,22,26). The van der Waals surface area contributed by atoms with Gasteiger partial charge < -0.3 is 20.3 Å². The largest absolute Gasteiger partial charge is 0.465 e. The number of esters is 1. The molecule has 1 heterocycles. The van der Waals surface area contributed by atoms with E-state index in [1.165, 1.54) is 20.0 Å². The summed E-state index contributed by atoms with van der Waals surface area (Å²) >= 11 is 0. The third-order valence-electron chi connectivity index (χ3n) is 5.83. The predicted octanol–water partition coefficient (Wildman–Crippen LogP) is 2.15. The summed E-state index contributed by atoms with van der Waals surface area (Å²) in [6.07, 6.45) is 4.71. The predicted molar refractivity (Wildman–Crippen MR) is 105 cm³/mol. The second-order valence-electron chi connectivity index (χ2n) is 7.60. The highest BCUT2D eigenvalue weighted by molar-refractivity contribution is 5.93. The van der Waals surface area contributed by atoms with Gasteiger partial charge in [0.25, 0.3) is 0 Å². The molecule has 2 N–H and O–H groups in total. The van der Waals surface area contributed by atoms with E-state index in [2.05, 4.69) is 27.5 Å². The van der Waals surface area contributed by atoms with Gasteiger partial charge in [0.15, 0.2) is 0 Å². The molecule has 7 heteroatoms. The molecule has 1 aliphatic heterocycles. The Bertz CT molecular complexity index is 665. The molecule has 0 atom stereocenters. The van der Waals surface area contributed by atoms with E-state index < -0.39 is 5.97 Å². The van der Waals surface area contributed by atoms with Gasteiger partial charge >= 0.3 is 12.0 Å². The van der Waals surface area contributed by atoms with Crippen LogP contribution in [-0.4, -0.2) is 74.2 Å². The van der Waals surface area contributed by atoms with E-state index in [1.807, 2.05) is 0 Å². The van der Waals surface area contributed by atoms with Crippen LogP contribution in [0.25, 0.3) is 0 Å². The summed E-state index contributed by atoms with van der Waals surface area (Å²) in [5.41, 5.74) is 1.07. The van der Waals surface area contributed by atoms with E-state index in [4.69, 9.17) is 4.74 Å². The lowest BCUT2D eigenvalue weighted by atomic mass is 9.94. The number of amides is 2. The van der Waals surface area contributed by atoms with E-state index >= 15 is 0 Å². The van der Waals surface area contributed by atoms with Crippen LogP contribution < -0.4 is 10.6 Å². The number of carbonyl (C=O) groups is 2. The van der Waals surface area contributed by atoms with Crippen LogP contribution >= 0.6 is 0 Å². The van der Waals surface area contributed by atoms with Gasteiger partial charge in [-0.05, 0) is 38.1 Å². The molecule has 2 fully saturated rings. The zero-order valence-electron chi connectivity index (χ0n) is 16.3. The number of urea groups is 1. The summed E-state index contributed by atoms with van der Waals surface area (Å²) in [5.74, 6) is -0.418. The first-order chi connectivity index (χ1) is 13.0. The average molecular weight is 374 g/mol. The number of hydrogen-bond acceptors (Lipinski definition) is 5. The van der Waals surface area contributed by atoms with Crippen molar-refractivity contribution in [1.29, 1.82) is 0 Å². The third kappa shape index (κ3) is 4.78. The zero-order chi connectivity index (χ0) is 19.3. The molecule has 1 saturated carbocycles. The van der Waals surface area contributed by atoms with Gasteiger partial charge in [-0.1, -0.05) is 18.9 Å². The maximum atomic E-state index is 12.4. The van der Waals surface area contributed by atoms with Crippen LogP contribution in [0, 0.1) is 0 Å². The SMILES string of the molecule is COC(=O)c1cccc(NC(=O)NCC2(N3CCN(C)CC3)CCCC2)c1. The van der Waals surface area contributed by atoms with E-state index in [1.54, 1.807) is 24.3 Å². The highest BCUT2D eigenvalue weighted by atomic mass is 16.5. The lowest BCUT2D eigenvalue weighted by Gasteiger charge is -2.45. The Morgan fingerprint density at radius 3 is 2.52 bits per heavy atom. The average Bonchev–Trinajstić information content (AvgIpc) is 3.16. The fourth-order valence-corrected chi connectivity index (χ4v) is 4.18. The molecule has 7 nitrogen and oxygen atoms in total. The molecule has 1 saturated heterocycles. The summed E-state index contributed by atoms with van der Waals surface area (Å²) in [6, 6.07) is 6.53. The zero-order valence-corrected chi connectivity index (χ0v) is 16.3. The molecule has 1 aliphatic carbocycles. The minimum Gasteiger partial charge on any atom is -0.465 e. The Morgan fingerprint density at radius 2 is 1.85 bits per heavy atom. The fourth-order valence-electron chi connectivity index (χ4n) is 4.18. The summed E-state index contributed by atoms with van der Waals surface area (Å²) in [7, 11) is 3.50. The molecule has 0 radical (unpaired) electrons. The van der Waals surface area contributed by atoms with Crippen molar-refractivity contribution in [3.8, 4) is 0 Å². The van der Waals surface area contributed by atoms with E-state index in [0.717, 1.165) is 39.0 Å². The van der Waals surface area contributed by atoms with Crippen LogP contribution in [0.1, 0.15) is 36.0 Å². The van der Waals surface area contributed by atoms with Gasteiger partial charge in [0.2, 0.25) is 0 Å². The lowest BCUT2D eigenvalue weighted by molar-refractivity contribution is 0.0446. The van der Waals surface area contributed by atoms with Gasteiger partial charge in [0, 0.05) is 44.0 Å². The van der Waals surface area contributed by atoms with Gasteiger partial charge in [-0.3, -0.25) is 4.90 Å². The van der Waals surface area contributed by atoms with Crippen LogP contribution in [0.3, 0.4) is 0 Å². The molecular weight excluding hydrogens is 344 g/mol. The Morgan fingerprint density at radius 1 is 1.15 bits per heavy atom. The monoisotopic (exact) mass is 374 g/mol. The minimum absolute atomic E-state index is 0.0759. The van der Waals surface area contributed by atoms with Crippen molar-refractivity contribution < 1.29 is 14.3 Å². The number of rotatable bonds is 5. The second kappa shape index (κ2) is 8.71. The molecule has 148 valence electrons. The maximum Gasteiger partial charge on any atom is 0.337 e. The van der Waals surface area contributed by atoms with Crippen molar-refractivity contribution in [1.82, 2.24) is 15.1 Å². The van der Waals surface area contributed by atoms with Gasteiger partial charge in [0.05, 0.1) is 12.7 Å². The van der Waals surface area contributed by atoms with Gasteiger partial charge in [0.1, 0.15) is 0 Å². The highest BCUT2D eigenvalue weighted by Crippen LogP contribution is 2.35. The first-order valence-corrected chi connectivity index (χ1v) is 9.69. The molecule has 0 aromatic heterocycles. The first kappa shape index (κ1) is 19.6. The van der Waals surface area contributed by atoms with Crippen molar-refractivity contribution in [3.05, 3.63) is 29.8 Å². The molecule has 0 spiro atoms. The number of anilines is 1. The Balaban J connectivity index is 1.58. The van der Waals surface area contributed by atoms with Gasteiger partial charge in [-0.15, -0.1) is 0 Å². The smallest absolute Gasteiger partial charge is 0.337 e. The van der Waals surface area contributed by atoms with Crippen LogP contribution in [-0.2, 0) is 4.74 Å². The number of nitrogens with one attached hydrogen (secondary N) is 2. The maximum absolute atomic E-state index is 12.4. The number of piperazine rings is 1. The molecular formula is C20H30N4O3. The summed E-state index contributed by atoms with van der Waals surface area (Å²) in [6.45, 7) is 4.92. The molecule has 2 amide bonds. The second-order valence-corrected chi connectivity index (χ2v) is 7.60. The minimum atomic E-state index is -0.418. The number of likely N-dealkylation sites (N-methyl/N-ethyl adjacent to an activating group) is 1. The topological polar surface area (TPSA) is 73.9 Å². The summed E-state index contributed by atoms with van der Waals surface area (Å²) in [5, 5.41) is 5.89. The van der Waals surface area contributed by atoms with Gasteiger partial charge in [-0.25, -0.2) is 9.59 Å². The number of hydrogen-bond donors (Lipinski definition) is 2. The molecule has 1 aromatic rings. The van der Waals surface area contributed by atoms with Crippen LogP contribution in [0.15, 0.2) is 24.3 Å². The number of carbonyl (C=O) groups excluding carboxylic acids is 2. The summed E-state index contributed by atoms with van der Waals surface area (Å²) in [4.78, 5) is 29.0. The number of methoxy groups -OCH3 is 1. The fraction of sp³-hybridized carbons (Fsp3) is 0.600.